The lowest BCUT2D eigenvalue weighted by Gasteiger charge is -2.33. The van der Waals surface area contributed by atoms with E-state index in [1.807, 2.05) is 0 Å². The minimum Gasteiger partial charge on any atom is -0.207 e. The maximum Gasteiger partial charge on any atom is 0.246 e. The summed E-state index contributed by atoms with van der Waals surface area (Å²) in [5.41, 5.74) is 0. The van der Waals surface area contributed by atoms with Crippen molar-refractivity contribution in [2.24, 2.45) is 0 Å². The first-order valence-electron chi connectivity index (χ1n) is 7.94. The van der Waals surface area contributed by atoms with Gasteiger partial charge in [0.1, 0.15) is 27.2 Å². The van der Waals surface area contributed by atoms with Crippen molar-refractivity contribution in [3.05, 3.63) is 58.9 Å². The highest BCUT2D eigenvalue weighted by molar-refractivity contribution is 7.89. The number of hydrogen-bond donors (Lipinski definition) is 0. The van der Waals surface area contributed by atoms with Crippen molar-refractivity contribution in [3.63, 3.8) is 0 Å². The highest BCUT2D eigenvalue weighted by atomic mass is 35.5. The topological polar surface area (TPSA) is 74.8 Å². The summed E-state index contributed by atoms with van der Waals surface area (Å²) in [4.78, 5) is -1.27. The number of piperazine rings is 1. The zero-order chi connectivity index (χ0) is 20.7. The lowest BCUT2D eigenvalue weighted by atomic mass is 10.3. The van der Waals surface area contributed by atoms with E-state index in [4.69, 9.17) is 11.6 Å². The van der Waals surface area contributed by atoms with E-state index < -0.39 is 47.3 Å². The first-order chi connectivity index (χ1) is 13.0. The normalized spacial score (nSPS) is 17.0. The molecule has 0 saturated carbocycles. The molecule has 0 radical (unpaired) electrons. The lowest BCUT2D eigenvalue weighted by molar-refractivity contribution is 0.271. The molecular formula is C16H14ClF3N2O4S2. The van der Waals surface area contributed by atoms with Gasteiger partial charge in [-0.05, 0) is 30.3 Å². The molecule has 1 aliphatic heterocycles. The van der Waals surface area contributed by atoms with Crippen molar-refractivity contribution < 1.29 is 30.0 Å². The summed E-state index contributed by atoms with van der Waals surface area (Å²) in [6.07, 6.45) is 0. The van der Waals surface area contributed by atoms with Crippen LogP contribution in [0.1, 0.15) is 0 Å². The first-order valence-corrected chi connectivity index (χ1v) is 11.2. The number of halogens is 4. The summed E-state index contributed by atoms with van der Waals surface area (Å²) in [5, 5.41) is 0.0358. The lowest BCUT2D eigenvalue weighted by Crippen LogP contribution is -2.50. The fourth-order valence-corrected chi connectivity index (χ4v) is 5.89. The second kappa shape index (κ2) is 7.64. The molecule has 0 amide bonds. The van der Waals surface area contributed by atoms with Crippen LogP contribution in [0.3, 0.4) is 0 Å². The molecule has 2 aromatic carbocycles. The molecule has 0 aromatic heterocycles. The number of hydrogen-bond acceptors (Lipinski definition) is 4. The van der Waals surface area contributed by atoms with E-state index in [1.54, 1.807) is 0 Å². The highest BCUT2D eigenvalue weighted by Gasteiger charge is 2.35. The quantitative estimate of drug-likeness (QED) is 0.711. The van der Waals surface area contributed by atoms with Gasteiger partial charge in [-0.1, -0.05) is 11.6 Å². The minimum absolute atomic E-state index is 0.0358. The van der Waals surface area contributed by atoms with Crippen LogP contribution in [0.4, 0.5) is 13.2 Å². The summed E-state index contributed by atoms with van der Waals surface area (Å²) in [5.74, 6) is -3.17. The van der Waals surface area contributed by atoms with Gasteiger partial charge in [-0.2, -0.15) is 8.61 Å². The maximum atomic E-state index is 14.0. The van der Waals surface area contributed by atoms with E-state index in [0.717, 1.165) is 32.9 Å². The zero-order valence-electron chi connectivity index (χ0n) is 14.1. The van der Waals surface area contributed by atoms with Crippen LogP contribution in [0.5, 0.6) is 0 Å². The molecule has 0 bridgehead atoms. The number of nitrogens with zero attached hydrogens (tertiary/aromatic N) is 2. The fourth-order valence-electron chi connectivity index (χ4n) is 2.80. The standard InChI is InChI=1S/C16H14ClF3N2O4S2/c17-11-1-3-15(13(19)9-11)27(23,24)21-5-7-22(8-6-21)28(25,26)16-4-2-12(18)10-14(16)20/h1-4,9-10H,5-8H2. The van der Waals surface area contributed by atoms with Crippen molar-refractivity contribution in [3.8, 4) is 0 Å². The van der Waals surface area contributed by atoms with Crippen LogP contribution >= 0.6 is 11.6 Å². The van der Waals surface area contributed by atoms with Crippen molar-refractivity contribution in [1.82, 2.24) is 8.61 Å². The molecule has 1 aliphatic rings. The molecule has 1 heterocycles. The summed E-state index contributed by atoms with van der Waals surface area (Å²) in [7, 11) is -8.48. The Labute approximate surface area is 165 Å². The predicted molar refractivity (Wildman–Crippen MR) is 95.3 cm³/mol. The van der Waals surface area contributed by atoms with Crippen LogP contribution in [0.25, 0.3) is 0 Å². The van der Waals surface area contributed by atoms with Crippen LogP contribution in [0.2, 0.25) is 5.02 Å². The van der Waals surface area contributed by atoms with Gasteiger partial charge < -0.3 is 0 Å². The third kappa shape index (κ3) is 3.90. The van der Waals surface area contributed by atoms with Gasteiger partial charge >= 0.3 is 0 Å². The molecule has 0 atom stereocenters. The van der Waals surface area contributed by atoms with Gasteiger partial charge in [0.15, 0.2) is 0 Å². The minimum atomic E-state index is -4.28. The Balaban J connectivity index is 1.80. The Hall–Kier alpha value is -1.66. The molecule has 12 heteroatoms. The molecule has 152 valence electrons. The van der Waals surface area contributed by atoms with Gasteiger partial charge in [-0.15, -0.1) is 0 Å². The number of rotatable bonds is 4. The van der Waals surface area contributed by atoms with Crippen LogP contribution in [-0.2, 0) is 20.0 Å². The smallest absolute Gasteiger partial charge is 0.207 e. The largest absolute Gasteiger partial charge is 0.246 e. The average molecular weight is 455 g/mol. The SMILES string of the molecule is O=S(=O)(c1ccc(F)cc1F)N1CCN(S(=O)(=O)c2ccc(Cl)cc2F)CC1. The summed E-state index contributed by atoms with van der Waals surface area (Å²) >= 11 is 5.63. The summed E-state index contributed by atoms with van der Waals surface area (Å²) < 4.78 is 93.0. The van der Waals surface area contributed by atoms with Gasteiger partial charge in [-0.3, -0.25) is 0 Å². The first kappa shape index (κ1) is 21.1. The number of benzene rings is 2. The zero-order valence-corrected chi connectivity index (χ0v) is 16.5. The van der Waals surface area contributed by atoms with Gasteiger partial charge in [0, 0.05) is 37.3 Å². The summed E-state index contributed by atoms with van der Waals surface area (Å²) in [6, 6.07) is 5.22. The van der Waals surface area contributed by atoms with Gasteiger partial charge in [-0.25, -0.2) is 30.0 Å². The van der Waals surface area contributed by atoms with E-state index in [2.05, 4.69) is 0 Å². The summed E-state index contributed by atoms with van der Waals surface area (Å²) in [6.45, 7) is -1.06. The van der Waals surface area contributed by atoms with E-state index in [-0.39, 0.29) is 31.2 Å². The maximum absolute atomic E-state index is 14.0. The fraction of sp³-hybridized carbons (Fsp3) is 0.250. The Morgan fingerprint density at radius 2 is 1.14 bits per heavy atom. The molecule has 0 aliphatic carbocycles. The third-order valence-electron chi connectivity index (χ3n) is 4.22. The predicted octanol–water partition coefficient (Wildman–Crippen LogP) is 2.45. The van der Waals surface area contributed by atoms with Crippen molar-refractivity contribution >= 4 is 31.6 Å². The highest BCUT2D eigenvalue weighted by Crippen LogP contribution is 2.26. The molecule has 1 saturated heterocycles. The van der Waals surface area contributed by atoms with Crippen molar-refractivity contribution in [2.75, 3.05) is 26.2 Å². The van der Waals surface area contributed by atoms with E-state index in [1.165, 1.54) is 6.07 Å². The van der Waals surface area contributed by atoms with Crippen LogP contribution in [-0.4, -0.2) is 51.6 Å². The van der Waals surface area contributed by atoms with Gasteiger partial charge in [0.25, 0.3) is 0 Å². The Morgan fingerprint density at radius 3 is 1.57 bits per heavy atom. The molecule has 0 unspecified atom stereocenters. The van der Waals surface area contributed by atoms with E-state index in [9.17, 15) is 30.0 Å². The van der Waals surface area contributed by atoms with Gasteiger partial charge in [0.05, 0.1) is 0 Å². The molecule has 0 spiro atoms. The van der Waals surface area contributed by atoms with Crippen molar-refractivity contribution in [2.45, 2.75) is 9.79 Å². The molecule has 0 N–H and O–H groups in total. The van der Waals surface area contributed by atoms with E-state index in [0.29, 0.717) is 6.07 Å². The number of sulfonamides is 2. The molecule has 28 heavy (non-hydrogen) atoms. The Kier molecular flexibility index (Phi) is 5.74. The third-order valence-corrected chi connectivity index (χ3v) is 8.32. The molecule has 6 nitrogen and oxygen atoms in total. The van der Waals surface area contributed by atoms with Gasteiger partial charge in [0.2, 0.25) is 20.0 Å². The molecule has 2 aromatic rings. The monoisotopic (exact) mass is 454 g/mol. The van der Waals surface area contributed by atoms with E-state index >= 15 is 0 Å². The second-order valence-corrected chi connectivity index (χ2v) is 10.2. The molecule has 3 rings (SSSR count). The van der Waals surface area contributed by atoms with Crippen LogP contribution < -0.4 is 0 Å². The van der Waals surface area contributed by atoms with Crippen molar-refractivity contribution in [1.29, 1.82) is 0 Å². The second-order valence-electron chi connectivity index (χ2n) is 5.96. The molecule has 1 fully saturated rings. The molecular weight excluding hydrogens is 441 g/mol. The Bertz CT molecular complexity index is 1030. The van der Waals surface area contributed by atoms with Crippen LogP contribution in [0.15, 0.2) is 46.2 Å². The van der Waals surface area contributed by atoms with Crippen LogP contribution in [0, 0.1) is 17.5 Å². The average Bonchev–Trinajstić information content (AvgIpc) is 2.61. The Morgan fingerprint density at radius 1 is 0.714 bits per heavy atom.